The molecule has 0 aliphatic heterocycles. The van der Waals surface area contributed by atoms with E-state index in [1.165, 1.54) is 6.20 Å². The first-order valence-corrected chi connectivity index (χ1v) is 9.24. The van der Waals surface area contributed by atoms with Gasteiger partial charge >= 0.3 is 11.9 Å². The maximum Gasteiger partial charge on any atom is 0.347 e. The van der Waals surface area contributed by atoms with E-state index >= 15 is 0 Å². The number of carbonyl (C=O) groups is 2. The van der Waals surface area contributed by atoms with Crippen LogP contribution in [0.1, 0.15) is 19.4 Å². The first kappa shape index (κ1) is 21.8. The molecule has 0 heterocycles. The van der Waals surface area contributed by atoms with Crippen LogP contribution < -0.4 is 14.8 Å². The number of ether oxygens (including phenoxy) is 4. The average Bonchev–Trinajstić information content (AvgIpc) is 2.73. The van der Waals surface area contributed by atoms with Crippen LogP contribution in [0.2, 0.25) is 0 Å². The Labute approximate surface area is 170 Å². The van der Waals surface area contributed by atoms with E-state index in [4.69, 9.17) is 18.9 Å². The van der Waals surface area contributed by atoms with E-state index in [2.05, 4.69) is 5.32 Å². The summed E-state index contributed by atoms with van der Waals surface area (Å²) in [7, 11) is 1.55. The van der Waals surface area contributed by atoms with Crippen LogP contribution in [0.4, 0.5) is 5.69 Å². The molecule has 0 saturated heterocycles. The van der Waals surface area contributed by atoms with Crippen molar-refractivity contribution in [3.63, 3.8) is 0 Å². The second-order valence-electron chi connectivity index (χ2n) is 5.78. The van der Waals surface area contributed by atoms with E-state index in [0.29, 0.717) is 23.8 Å². The number of anilines is 1. The summed E-state index contributed by atoms with van der Waals surface area (Å²) in [6.07, 6.45) is 1.26. The molecule has 154 valence electrons. The molecule has 0 unspecified atom stereocenters. The van der Waals surface area contributed by atoms with Crippen molar-refractivity contribution in [2.45, 2.75) is 20.5 Å². The Morgan fingerprint density at radius 1 is 0.931 bits per heavy atom. The summed E-state index contributed by atoms with van der Waals surface area (Å²) in [6.45, 7) is 3.99. The van der Waals surface area contributed by atoms with Gasteiger partial charge in [0.15, 0.2) is 17.1 Å². The molecule has 29 heavy (non-hydrogen) atoms. The summed E-state index contributed by atoms with van der Waals surface area (Å²) in [4.78, 5) is 24.1. The number of nitrogens with one attached hydrogen (secondary N) is 1. The molecule has 1 N–H and O–H groups in total. The Morgan fingerprint density at radius 3 is 2.17 bits per heavy atom. The van der Waals surface area contributed by atoms with E-state index in [9.17, 15) is 9.59 Å². The van der Waals surface area contributed by atoms with Gasteiger partial charge in [0.25, 0.3) is 0 Å². The molecular formula is C22H25NO6. The molecule has 2 aromatic carbocycles. The lowest BCUT2D eigenvalue weighted by Gasteiger charge is -2.13. The van der Waals surface area contributed by atoms with Crippen molar-refractivity contribution in [1.82, 2.24) is 0 Å². The standard InChI is InChI=1S/C22H25NO6/c1-4-27-21(24)18(22(25)28-5-2)14-23-17-11-12-19(26-3)20(13-17)29-15-16-9-7-6-8-10-16/h6-14,23H,4-5,15H2,1-3H3. The third-order valence-corrected chi connectivity index (χ3v) is 3.77. The molecule has 0 fully saturated rings. The quantitative estimate of drug-likeness (QED) is 0.282. The van der Waals surface area contributed by atoms with Crippen LogP contribution in [0.15, 0.2) is 60.3 Å². The largest absolute Gasteiger partial charge is 0.493 e. The van der Waals surface area contributed by atoms with Gasteiger partial charge in [-0.3, -0.25) is 0 Å². The van der Waals surface area contributed by atoms with Crippen molar-refractivity contribution < 1.29 is 28.5 Å². The van der Waals surface area contributed by atoms with E-state index < -0.39 is 11.9 Å². The predicted octanol–water partition coefficient (Wildman–Crippen LogP) is 3.70. The molecule has 0 aromatic heterocycles. The van der Waals surface area contributed by atoms with Gasteiger partial charge in [-0.15, -0.1) is 0 Å². The lowest BCUT2D eigenvalue weighted by molar-refractivity contribution is -0.146. The van der Waals surface area contributed by atoms with Crippen LogP contribution in [0.25, 0.3) is 0 Å². The molecule has 0 aliphatic carbocycles. The SMILES string of the molecule is CCOC(=O)C(=CNc1ccc(OC)c(OCc2ccccc2)c1)C(=O)OCC. The smallest absolute Gasteiger partial charge is 0.347 e. The lowest BCUT2D eigenvalue weighted by atomic mass is 10.2. The fraction of sp³-hybridized carbons (Fsp3) is 0.273. The zero-order chi connectivity index (χ0) is 21.1. The molecule has 0 amide bonds. The Hall–Kier alpha value is -3.48. The number of esters is 2. The highest BCUT2D eigenvalue weighted by molar-refractivity contribution is 6.14. The zero-order valence-electron chi connectivity index (χ0n) is 16.8. The summed E-state index contributed by atoms with van der Waals surface area (Å²) in [5.41, 5.74) is 1.39. The number of methoxy groups -OCH3 is 1. The average molecular weight is 399 g/mol. The Morgan fingerprint density at radius 2 is 1.59 bits per heavy atom. The number of rotatable bonds is 10. The van der Waals surface area contributed by atoms with Crippen molar-refractivity contribution in [2.75, 3.05) is 25.6 Å². The van der Waals surface area contributed by atoms with Gasteiger partial charge in [0, 0.05) is 18.0 Å². The molecule has 2 aromatic rings. The number of carbonyl (C=O) groups excluding carboxylic acids is 2. The lowest BCUT2D eigenvalue weighted by Crippen LogP contribution is -2.19. The van der Waals surface area contributed by atoms with Gasteiger partial charge in [0.2, 0.25) is 0 Å². The van der Waals surface area contributed by atoms with Gasteiger partial charge in [0.1, 0.15) is 6.61 Å². The minimum absolute atomic E-state index is 0.148. The summed E-state index contributed by atoms with van der Waals surface area (Å²) < 4.78 is 21.0. The van der Waals surface area contributed by atoms with Crippen molar-refractivity contribution in [1.29, 1.82) is 0 Å². The predicted molar refractivity (Wildman–Crippen MR) is 109 cm³/mol. The maximum absolute atomic E-state index is 12.0. The van der Waals surface area contributed by atoms with Gasteiger partial charge in [-0.2, -0.15) is 0 Å². The fourth-order valence-electron chi connectivity index (χ4n) is 2.39. The van der Waals surface area contributed by atoms with Crippen LogP contribution in [0.3, 0.4) is 0 Å². The van der Waals surface area contributed by atoms with Crippen LogP contribution in [-0.4, -0.2) is 32.3 Å². The molecule has 0 bridgehead atoms. The highest BCUT2D eigenvalue weighted by Gasteiger charge is 2.21. The highest BCUT2D eigenvalue weighted by atomic mass is 16.6. The van der Waals surface area contributed by atoms with Crippen molar-refractivity contribution in [3.8, 4) is 11.5 Å². The molecule has 0 spiro atoms. The molecule has 7 heteroatoms. The van der Waals surface area contributed by atoms with Crippen molar-refractivity contribution >= 4 is 17.6 Å². The molecule has 7 nitrogen and oxygen atoms in total. The molecular weight excluding hydrogens is 374 g/mol. The minimum atomic E-state index is -0.757. The monoisotopic (exact) mass is 399 g/mol. The molecule has 0 aliphatic rings. The first-order chi connectivity index (χ1) is 14.1. The normalized spacial score (nSPS) is 9.90. The number of hydrogen-bond acceptors (Lipinski definition) is 7. The number of benzene rings is 2. The maximum atomic E-state index is 12.0. The molecule has 0 radical (unpaired) electrons. The molecule has 0 saturated carbocycles. The highest BCUT2D eigenvalue weighted by Crippen LogP contribution is 2.31. The van der Waals surface area contributed by atoms with Crippen LogP contribution in [-0.2, 0) is 25.7 Å². The summed E-state index contributed by atoms with van der Waals surface area (Å²) in [6, 6.07) is 14.9. The van der Waals surface area contributed by atoms with Crippen LogP contribution in [0, 0.1) is 0 Å². The van der Waals surface area contributed by atoms with Crippen molar-refractivity contribution in [3.05, 3.63) is 65.9 Å². The third-order valence-electron chi connectivity index (χ3n) is 3.77. The summed E-state index contributed by atoms with van der Waals surface area (Å²) >= 11 is 0. The van der Waals surface area contributed by atoms with Gasteiger partial charge in [0.05, 0.1) is 20.3 Å². The van der Waals surface area contributed by atoms with E-state index in [1.54, 1.807) is 39.2 Å². The fourth-order valence-corrected chi connectivity index (χ4v) is 2.39. The minimum Gasteiger partial charge on any atom is -0.493 e. The molecule has 0 atom stereocenters. The van der Waals surface area contributed by atoms with E-state index in [1.807, 2.05) is 30.3 Å². The Bertz CT molecular complexity index is 828. The topological polar surface area (TPSA) is 83.1 Å². The van der Waals surface area contributed by atoms with Crippen molar-refractivity contribution in [2.24, 2.45) is 0 Å². The van der Waals surface area contributed by atoms with Gasteiger partial charge in [-0.1, -0.05) is 30.3 Å². The van der Waals surface area contributed by atoms with Crippen LogP contribution >= 0.6 is 0 Å². The summed E-state index contributed by atoms with van der Waals surface area (Å²) in [5.74, 6) is -0.435. The van der Waals surface area contributed by atoms with E-state index in [-0.39, 0.29) is 18.8 Å². The zero-order valence-corrected chi connectivity index (χ0v) is 16.8. The summed E-state index contributed by atoms with van der Waals surface area (Å²) in [5, 5.41) is 2.91. The van der Waals surface area contributed by atoms with Gasteiger partial charge in [-0.05, 0) is 31.5 Å². The Balaban J connectivity index is 2.18. The third kappa shape index (κ3) is 6.57. The van der Waals surface area contributed by atoms with Gasteiger partial charge < -0.3 is 24.3 Å². The second kappa shape index (κ2) is 11.4. The first-order valence-electron chi connectivity index (χ1n) is 9.24. The Kier molecular flexibility index (Phi) is 8.56. The number of hydrogen-bond donors (Lipinski definition) is 1. The van der Waals surface area contributed by atoms with E-state index in [0.717, 1.165) is 5.56 Å². The van der Waals surface area contributed by atoms with Crippen LogP contribution in [0.5, 0.6) is 11.5 Å². The van der Waals surface area contributed by atoms with Gasteiger partial charge in [-0.25, -0.2) is 9.59 Å². The molecule has 2 rings (SSSR count). The second-order valence-corrected chi connectivity index (χ2v) is 5.78.